The molecule has 0 aliphatic heterocycles. The zero-order valence-electron chi connectivity index (χ0n) is 11.9. The number of halogens is 5. The third-order valence-electron chi connectivity index (χ3n) is 2.65. The summed E-state index contributed by atoms with van der Waals surface area (Å²) in [5.74, 6) is 0. The van der Waals surface area contributed by atoms with Crippen LogP contribution < -0.4 is 11.1 Å². The zero-order chi connectivity index (χ0) is 15.7. The number of aliphatic hydroxyl groups excluding tert-OH is 1. The van der Waals surface area contributed by atoms with Gasteiger partial charge >= 0.3 is 6.18 Å². The van der Waals surface area contributed by atoms with E-state index in [0.717, 1.165) is 0 Å². The Balaban J connectivity index is 0.00000400. The lowest BCUT2D eigenvalue weighted by Crippen LogP contribution is -2.41. The zero-order valence-corrected chi connectivity index (χ0v) is 13.5. The molecule has 0 aliphatic rings. The second kappa shape index (κ2) is 7.05. The van der Waals surface area contributed by atoms with Gasteiger partial charge in [0.25, 0.3) is 0 Å². The van der Waals surface area contributed by atoms with E-state index in [9.17, 15) is 18.3 Å². The van der Waals surface area contributed by atoms with Crippen molar-refractivity contribution in [2.24, 2.45) is 0 Å². The molecule has 0 spiro atoms. The summed E-state index contributed by atoms with van der Waals surface area (Å²) >= 11 is 5.70. The van der Waals surface area contributed by atoms with Crippen LogP contribution in [0.5, 0.6) is 0 Å². The third kappa shape index (κ3) is 5.21. The highest BCUT2D eigenvalue weighted by Gasteiger charge is 2.39. The minimum Gasteiger partial charge on any atom is -0.398 e. The van der Waals surface area contributed by atoms with E-state index in [0.29, 0.717) is 0 Å². The summed E-state index contributed by atoms with van der Waals surface area (Å²) in [5.41, 5.74) is 3.71. The molecule has 0 bridgehead atoms. The fourth-order valence-corrected chi connectivity index (χ4v) is 2.21. The average Bonchev–Trinajstić information content (AvgIpc) is 2.26. The summed E-state index contributed by atoms with van der Waals surface area (Å²) in [4.78, 5) is 0. The van der Waals surface area contributed by atoms with Crippen LogP contribution in [0.15, 0.2) is 12.1 Å². The molecular formula is C13H19Cl2F3N2O. The molecule has 0 heterocycles. The van der Waals surface area contributed by atoms with Crippen molar-refractivity contribution in [2.75, 3.05) is 12.3 Å². The lowest BCUT2D eigenvalue weighted by atomic mass is 9.96. The molecule has 0 amide bonds. The van der Waals surface area contributed by atoms with Crippen LogP contribution in [0.2, 0.25) is 5.02 Å². The first-order chi connectivity index (χ1) is 8.97. The van der Waals surface area contributed by atoms with Gasteiger partial charge in [-0.2, -0.15) is 13.2 Å². The van der Waals surface area contributed by atoms with Gasteiger partial charge in [-0.3, -0.25) is 0 Å². The molecule has 8 heteroatoms. The Kier molecular flexibility index (Phi) is 6.82. The van der Waals surface area contributed by atoms with E-state index >= 15 is 0 Å². The highest BCUT2D eigenvalue weighted by molar-refractivity contribution is 6.34. The van der Waals surface area contributed by atoms with Crippen LogP contribution in [0.3, 0.4) is 0 Å². The van der Waals surface area contributed by atoms with Gasteiger partial charge in [-0.15, -0.1) is 12.4 Å². The van der Waals surface area contributed by atoms with Crippen molar-refractivity contribution in [3.63, 3.8) is 0 Å². The number of nitrogen functional groups attached to an aromatic ring is 1. The van der Waals surface area contributed by atoms with E-state index < -0.39 is 35.0 Å². The first-order valence-electron chi connectivity index (χ1n) is 6.01. The number of nitrogens with two attached hydrogens (primary N) is 1. The molecule has 4 N–H and O–H groups in total. The van der Waals surface area contributed by atoms with E-state index in [4.69, 9.17) is 17.3 Å². The maximum Gasteiger partial charge on any atom is 0.418 e. The molecule has 0 aromatic heterocycles. The molecule has 0 saturated heterocycles. The fraction of sp³-hybridized carbons (Fsp3) is 0.538. The van der Waals surface area contributed by atoms with Crippen LogP contribution >= 0.6 is 24.0 Å². The van der Waals surface area contributed by atoms with Gasteiger partial charge in [-0.05, 0) is 32.4 Å². The molecule has 1 rings (SSSR count). The van der Waals surface area contributed by atoms with Gasteiger partial charge in [-0.1, -0.05) is 17.7 Å². The fourth-order valence-electron chi connectivity index (χ4n) is 1.93. The van der Waals surface area contributed by atoms with E-state index in [2.05, 4.69) is 5.32 Å². The Bertz CT molecular complexity index is 488. The van der Waals surface area contributed by atoms with Gasteiger partial charge in [0.05, 0.1) is 28.9 Å². The number of alkyl halides is 3. The highest BCUT2D eigenvalue weighted by atomic mass is 35.5. The van der Waals surface area contributed by atoms with Gasteiger partial charge in [-0.25, -0.2) is 0 Å². The quantitative estimate of drug-likeness (QED) is 0.730. The molecule has 0 aliphatic carbocycles. The molecule has 0 saturated carbocycles. The molecule has 0 fully saturated rings. The van der Waals surface area contributed by atoms with Crippen LogP contribution in [-0.4, -0.2) is 17.3 Å². The molecule has 1 aromatic rings. The molecule has 122 valence electrons. The SMILES string of the molecule is CC(C)(C)N[C@H](CO)c1ccc(N)c(Cl)c1C(F)(F)F.Cl. The van der Waals surface area contributed by atoms with Crippen LogP contribution in [0.25, 0.3) is 0 Å². The van der Waals surface area contributed by atoms with E-state index in [-0.39, 0.29) is 23.7 Å². The predicted octanol–water partition coefficient (Wildman–Crippen LogP) is 3.78. The standard InChI is InChI=1S/C13H18ClF3N2O.ClH/c1-12(2,3)19-9(6-20)7-4-5-8(18)11(14)10(7)13(15,16)17;/h4-5,9,19-20H,6,18H2,1-3H3;1H/t9-;/m1./s1. The van der Waals surface area contributed by atoms with Gasteiger partial charge < -0.3 is 16.2 Å². The maximum absolute atomic E-state index is 13.2. The smallest absolute Gasteiger partial charge is 0.398 e. The summed E-state index contributed by atoms with van der Waals surface area (Å²) in [5, 5.41) is 11.8. The molecule has 0 radical (unpaired) electrons. The molecule has 3 nitrogen and oxygen atoms in total. The summed E-state index contributed by atoms with van der Waals surface area (Å²) in [6.45, 7) is 4.89. The number of nitrogens with one attached hydrogen (secondary N) is 1. The number of hydrogen-bond acceptors (Lipinski definition) is 3. The van der Waals surface area contributed by atoms with Crippen LogP contribution in [0.1, 0.15) is 37.9 Å². The van der Waals surface area contributed by atoms with Crippen molar-refractivity contribution in [1.29, 1.82) is 0 Å². The Morgan fingerprint density at radius 2 is 1.81 bits per heavy atom. The summed E-state index contributed by atoms with van der Waals surface area (Å²) in [6, 6.07) is 1.66. The number of hydrogen-bond donors (Lipinski definition) is 3. The number of rotatable bonds is 3. The van der Waals surface area contributed by atoms with Crippen molar-refractivity contribution in [1.82, 2.24) is 5.32 Å². The van der Waals surface area contributed by atoms with Crippen LogP contribution in [-0.2, 0) is 6.18 Å². The second-order valence-electron chi connectivity index (χ2n) is 5.56. The summed E-state index contributed by atoms with van der Waals surface area (Å²) in [6.07, 6.45) is -4.64. The minimum atomic E-state index is -4.64. The summed E-state index contributed by atoms with van der Waals surface area (Å²) in [7, 11) is 0. The molecule has 0 unspecified atom stereocenters. The van der Waals surface area contributed by atoms with Gasteiger partial charge in [0, 0.05) is 5.54 Å². The van der Waals surface area contributed by atoms with Crippen molar-refractivity contribution in [3.8, 4) is 0 Å². The van der Waals surface area contributed by atoms with E-state index in [1.54, 1.807) is 20.8 Å². The van der Waals surface area contributed by atoms with E-state index in [1.807, 2.05) is 0 Å². The van der Waals surface area contributed by atoms with E-state index in [1.165, 1.54) is 12.1 Å². The largest absolute Gasteiger partial charge is 0.418 e. The lowest BCUT2D eigenvalue weighted by molar-refractivity contribution is -0.138. The Labute approximate surface area is 133 Å². The Morgan fingerprint density at radius 3 is 2.19 bits per heavy atom. The van der Waals surface area contributed by atoms with Crippen molar-refractivity contribution in [3.05, 3.63) is 28.3 Å². The summed E-state index contributed by atoms with van der Waals surface area (Å²) < 4.78 is 39.5. The van der Waals surface area contributed by atoms with Crippen LogP contribution in [0, 0.1) is 0 Å². The van der Waals surface area contributed by atoms with Gasteiger partial charge in [0.2, 0.25) is 0 Å². The topological polar surface area (TPSA) is 58.3 Å². The van der Waals surface area contributed by atoms with Crippen molar-refractivity contribution >= 4 is 29.7 Å². The first-order valence-corrected chi connectivity index (χ1v) is 6.39. The molecular weight excluding hydrogens is 328 g/mol. The predicted molar refractivity (Wildman–Crippen MR) is 80.8 cm³/mol. The first kappa shape index (κ1) is 20.3. The third-order valence-corrected chi connectivity index (χ3v) is 3.06. The van der Waals surface area contributed by atoms with Crippen LogP contribution in [0.4, 0.5) is 18.9 Å². The Hall–Kier alpha value is -0.690. The lowest BCUT2D eigenvalue weighted by Gasteiger charge is -2.30. The number of benzene rings is 1. The molecule has 21 heavy (non-hydrogen) atoms. The average molecular weight is 347 g/mol. The number of anilines is 1. The monoisotopic (exact) mass is 346 g/mol. The normalized spacial score (nSPS) is 13.7. The second-order valence-corrected chi connectivity index (χ2v) is 5.94. The highest BCUT2D eigenvalue weighted by Crippen LogP contribution is 2.42. The van der Waals surface area contributed by atoms with Gasteiger partial charge in [0.1, 0.15) is 0 Å². The molecule has 1 atom stereocenters. The van der Waals surface area contributed by atoms with Crippen molar-refractivity contribution in [2.45, 2.75) is 38.5 Å². The molecule has 1 aromatic carbocycles. The Morgan fingerprint density at radius 1 is 1.29 bits per heavy atom. The minimum absolute atomic E-state index is 0. The van der Waals surface area contributed by atoms with Crippen molar-refractivity contribution < 1.29 is 18.3 Å². The van der Waals surface area contributed by atoms with Gasteiger partial charge in [0.15, 0.2) is 0 Å². The number of aliphatic hydroxyl groups is 1. The maximum atomic E-state index is 13.2.